The van der Waals surface area contributed by atoms with E-state index in [2.05, 4.69) is 47.6 Å². The molecule has 5 heteroatoms. The standard InChI is InChI=1S/C21H23N3OS/c1-3-14-5-4-6-17-16(11-22-20(14)17)12-23-24-21(25)19-10-15-9-13(2)7-8-18(15)26-19/h4-6,10-13,22H,3,7-9H2,1-2H3,(H,24,25)/b23-12+/t13-/m0/s1. The molecule has 4 rings (SSSR count). The van der Waals surface area contributed by atoms with Crippen LogP contribution < -0.4 is 5.43 Å². The Morgan fingerprint density at radius 2 is 2.35 bits per heavy atom. The lowest BCUT2D eigenvalue weighted by atomic mass is 9.90. The highest BCUT2D eigenvalue weighted by Gasteiger charge is 2.20. The molecule has 0 spiro atoms. The van der Waals surface area contributed by atoms with E-state index < -0.39 is 0 Å². The lowest BCUT2D eigenvalue weighted by Gasteiger charge is -2.16. The minimum Gasteiger partial charge on any atom is -0.360 e. The molecule has 0 fully saturated rings. The number of aromatic nitrogens is 1. The molecule has 0 radical (unpaired) electrons. The van der Waals surface area contributed by atoms with Crippen LogP contribution in [0, 0.1) is 5.92 Å². The predicted molar refractivity (Wildman–Crippen MR) is 108 cm³/mol. The SMILES string of the molecule is CCc1cccc2c(/C=N/NC(=O)c3cc4c(s3)CC[C@H](C)C4)c[nH]c12. The van der Waals surface area contributed by atoms with E-state index in [1.807, 2.05) is 12.3 Å². The third kappa shape index (κ3) is 3.19. The summed E-state index contributed by atoms with van der Waals surface area (Å²) in [4.78, 5) is 17.8. The summed E-state index contributed by atoms with van der Waals surface area (Å²) >= 11 is 1.61. The molecule has 26 heavy (non-hydrogen) atoms. The van der Waals surface area contributed by atoms with Crippen LogP contribution in [0.1, 0.15) is 51.5 Å². The normalized spacial score (nSPS) is 16.9. The Labute approximate surface area is 157 Å². The fraction of sp³-hybridized carbons (Fsp3) is 0.333. The Hall–Kier alpha value is -2.40. The minimum absolute atomic E-state index is 0.123. The second kappa shape index (κ2) is 7.08. The number of benzene rings is 1. The van der Waals surface area contributed by atoms with E-state index in [1.165, 1.54) is 22.4 Å². The third-order valence-electron chi connectivity index (χ3n) is 5.14. The molecule has 2 N–H and O–H groups in total. The van der Waals surface area contributed by atoms with E-state index in [9.17, 15) is 4.79 Å². The molecular weight excluding hydrogens is 342 g/mol. The van der Waals surface area contributed by atoms with E-state index in [0.717, 1.165) is 40.6 Å². The van der Waals surface area contributed by atoms with Gasteiger partial charge in [-0.25, -0.2) is 5.43 Å². The van der Waals surface area contributed by atoms with Crippen LogP contribution >= 0.6 is 11.3 Å². The number of fused-ring (bicyclic) bond motifs is 2. The van der Waals surface area contributed by atoms with Gasteiger partial charge in [0.15, 0.2) is 0 Å². The number of hydrazone groups is 1. The molecule has 3 aromatic rings. The first-order valence-corrected chi connectivity index (χ1v) is 10.0. The highest BCUT2D eigenvalue weighted by Crippen LogP contribution is 2.32. The monoisotopic (exact) mass is 365 g/mol. The van der Waals surface area contributed by atoms with Crippen molar-refractivity contribution in [1.82, 2.24) is 10.4 Å². The second-order valence-electron chi connectivity index (χ2n) is 7.04. The molecule has 134 valence electrons. The molecule has 4 nitrogen and oxygen atoms in total. The number of aromatic amines is 1. The number of H-pyrrole nitrogens is 1. The van der Waals surface area contributed by atoms with Gasteiger partial charge in [-0.05, 0) is 48.8 Å². The van der Waals surface area contributed by atoms with E-state index in [0.29, 0.717) is 5.92 Å². The Bertz CT molecular complexity index is 982. The molecule has 1 amide bonds. The zero-order valence-electron chi connectivity index (χ0n) is 15.1. The van der Waals surface area contributed by atoms with Crippen LogP contribution in [0.2, 0.25) is 0 Å². The van der Waals surface area contributed by atoms with Gasteiger partial charge in [0.05, 0.1) is 11.1 Å². The van der Waals surface area contributed by atoms with Crippen molar-refractivity contribution in [3.63, 3.8) is 0 Å². The topological polar surface area (TPSA) is 57.2 Å². The Morgan fingerprint density at radius 3 is 3.19 bits per heavy atom. The number of carbonyl (C=O) groups excluding carboxylic acids is 1. The number of nitrogens with zero attached hydrogens (tertiary/aromatic N) is 1. The van der Waals surface area contributed by atoms with Crippen LogP contribution in [0.3, 0.4) is 0 Å². The van der Waals surface area contributed by atoms with Gasteiger partial charge in [0, 0.05) is 27.5 Å². The van der Waals surface area contributed by atoms with Crippen LogP contribution in [0.4, 0.5) is 0 Å². The van der Waals surface area contributed by atoms with E-state index in [1.54, 1.807) is 17.6 Å². The van der Waals surface area contributed by atoms with Crippen molar-refractivity contribution in [2.75, 3.05) is 0 Å². The van der Waals surface area contributed by atoms with Gasteiger partial charge in [-0.1, -0.05) is 32.0 Å². The van der Waals surface area contributed by atoms with Crippen molar-refractivity contribution in [2.24, 2.45) is 11.0 Å². The average molecular weight is 366 g/mol. The molecule has 0 saturated carbocycles. The summed E-state index contributed by atoms with van der Waals surface area (Å²) in [5.41, 5.74) is 7.42. The van der Waals surface area contributed by atoms with Crippen molar-refractivity contribution in [2.45, 2.75) is 39.5 Å². The first-order valence-electron chi connectivity index (χ1n) is 9.19. The number of hydrogen-bond donors (Lipinski definition) is 2. The highest BCUT2D eigenvalue weighted by atomic mass is 32.1. The van der Waals surface area contributed by atoms with Gasteiger partial charge >= 0.3 is 0 Å². The quantitative estimate of drug-likeness (QED) is 0.512. The lowest BCUT2D eigenvalue weighted by molar-refractivity contribution is 0.0959. The molecule has 2 aromatic heterocycles. The fourth-order valence-electron chi connectivity index (χ4n) is 3.67. The molecule has 0 saturated heterocycles. The second-order valence-corrected chi connectivity index (χ2v) is 8.18. The summed E-state index contributed by atoms with van der Waals surface area (Å²) in [6.07, 6.45) is 8.01. The Morgan fingerprint density at radius 1 is 1.46 bits per heavy atom. The molecule has 0 unspecified atom stereocenters. The van der Waals surface area contributed by atoms with Crippen molar-refractivity contribution in [3.8, 4) is 0 Å². The smallest absolute Gasteiger partial charge is 0.281 e. The number of carbonyl (C=O) groups is 1. The molecule has 1 aromatic carbocycles. The van der Waals surface area contributed by atoms with Crippen molar-refractivity contribution in [3.05, 3.63) is 56.9 Å². The van der Waals surface area contributed by atoms with Gasteiger partial charge in [0.1, 0.15) is 0 Å². The predicted octanol–water partition coefficient (Wildman–Crippen LogP) is 4.68. The molecule has 0 aliphatic heterocycles. The lowest BCUT2D eigenvalue weighted by Crippen LogP contribution is -2.16. The molecule has 0 bridgehead atoms. The van der Waals surface area contributed by atoms with Crippen LogP contribution in [0.25, 0.3) is 10.9 Å². The van der Waals surface area contributed by atoms with Crippen LogP contribution in [-0.2, 0) is 19.3 Å². The maximum absolute atomic E-state index is 12.4. The zero-order valence-corrected chi connectivity index (χ0v) is 16.0. The van der Waals surface area contributed by atoms with Gasteiger partial charge < -0.3 is 4.98 Å². The summed E-state index contributed by atoms with van der Waals surface area (Å²) in [5.74, 6) is 0.586. The summed E-state index contributed by atoms with van der Waals surface area (Å²) in [5, 5.41) is 5.31. The van der Waals surface area contributed by atoms with E-state index in [-0.39, 0.29) is 5.91 Å². The third-order valence-corrected chi connectivity index (χ3v) is 6.37. The van der Waals surface area contributed by atoms with Crippen molar-refractivity contribution < 1.29 is 4.79 Å². The van der Waals surface area contributed by atoms with Crippen molar-refractivity contribution >= 4 is 34.4 Å². The number of aryl methyl sites for hydroxylation is 2. The number of hydrogen-bond acceptors (Lipinski definition) is 3. The van der Waals surface area contributed by atoms with Gasteiger partial charge in [-0.15, -0.1) is 11.3 Å². The largest absolute Gasteiger partial charge is 0.360 e. The van der Waals surface area contributed by atoms with E-state index in [4.69, 9.17) is 0 Å². The number of amides is 1. The zero-order chi connectivity index (χ0) is 18.1. The van der Waals surface area contributed by atoms with Gasteiger partial charge in [0.25, 0.3) is 5.91 Å². The van der Waals surface area contributed by atoms with Gasteiger partial charge in [-0.2, -0.15) is 5.10 Å². The Balaban J connectivity index is 1.48. The number of para-hydroxylation sites is 1. The van der Waals surface area contributed by atoms with Crippen LogP contribution in [0.5, 0.6) is 0 Å². The van der Waals surface area contributed by atoms with Crippen LogP contribution in [-0.4, -0.2) is 17.1 Å². The van der Waals surface area contributed by atoms with Crippen LogP contribution in [0.15, 0.2) is 35.6 Å². The summed E-state index contributed by atoms with van der Waals surface area (Å²) < 4.78 is 0. The first kappa shape index (κ1) is 17.0. The van der Waals surface area contributed by atoms with Gasteiger partial charge in [-0.3, -0.25) is 4.79 Å². The minimum atomic E-state index is -0.123. The first-order chi connectivity index (χ1) is 12.7. The van der Waals surface area contributed by atoms with E-state index >= 15 is 0 Å². The molecular formula is C21H23N3OS. The molecule has 1 aliphatic carbocycles. The number of rotatable bonds is 4. The molecule has 1 aliphatic rings. The average Bonchev–Trinajstić information content (AvgIpc) is 3.25. The number of thiophene rings is 1. The highest BCUT2D eigenvalue weighted by molar-refractivity contribution is 7.14. The number of nitrogens with one attached hydrogen (secondary N) is 2. The Kier molecular flexibility index (Phi) is 4.64. The molecule has 1 atom stereocenters. The maximum Gasteiger partial charge on any atom is 0.281 e. The fourth-order valence-corrected chi connectivity index (χ4v) is 4.77. The molecule has 2 heterocycles. The maximum atomic E-state index is 12.4. The summed E-state index contributed by atoms with van der Waals surface area (Å²) in [7, 11) is 0. The van der Waals surface area contributed by atoms with Gasteiger partial charge in [0.2, 0.25) is 0 Å². The van der Waals surface area contributed by atoms with Crippen molar-refractivity contribution in [1.29, 1.82) is 0 Å². The summed E-state index contributed by atoms with van der Waals surface area (Å²) in [6.45, 7) is 4.42. The summed E-state index contributed by atoms with van der Waals surface area (Å²) in [6, 6.07) is 8.30.